The van der Waals surface area contributed by atoms with E-state index in [0.29, 0.717) is 0 Å². The summed E-state index contributed by atoms with van der Waals surface area (Å²) in [5, 5.41) is 8.48. The second-order valence-corrected chi connectivity index (χ2v) is 2.78. The summed E-state index contributed by atoms with van der Waals surface area (Å²) in [4.78, 5) is 11.4. The topological polar surface area (TPSA) is 66.6 Å². The number of carbonyl (C=O) groups is 1. The second-order valence-electron chi connectivity index (χ2n) is 2.78. The summed E-state index contributed by atoms with van der Waals surface area (Å²) >= 11 is 0. The van der Waals surface area contributed by atoms with Crippen LogP contribution in [0.25, 0.3) is 0 Å². The van der Waals surface area contributed by atoms with E-state index in [2.05, 4.69) is 0 Å². The normalized spacial score (nSPS) is 32.0. The highest BCUT2D eigenvalue weighted by Gasteiger charge is 2.27. The largest absolute Gasteiger partial charge is 0.465 e. The number of carboxylic acid groups (broad SMARTS) is 1. The lowest BCUT2D eigenvalue weighted by atomic mass is 10.1. The quantitative estimate of drug-likeness (QED) is 0.528. The molecular formula is C6H11FN2O2. The van der Waals surface area contributed by atoms with Gasteiger partial charge in [0.1, 0.15) is 6.17 Å². The summed E-state index contributed by atoms with van der Waals surface area (Å²) in [5.74, 6) is 0. The molecule has 0 aliphatic carbocycles. The zero-order chi connectivity index (χ0) is 8.43. The van der Waals surface area contributed by atoms with Crippen LogP contribution in [0, 0.1) is 0 Å². The van der Waals surface area contributed by atoms with Gasteiger partial charge in [-0.1, -0.05) is 0 Å². The van der Waals surface area contributed by atoms with Gasteiger partial charge in [0.2, 0.25) is 0 Å². The van der Waals surface area contributed by atoms with Gasteiger partial charge < -0.3 is 15.7 Å². The Balaban J connectivity index is 2.49. The average molecular weight is 162 g/mol. The maximum absolute atomic E-state index is 12.7. The van der Waals surface area contributed by atoms with Crippen LogP contribution < -0.4 is 5.73 Å². The molecule has 1 saturated heterocycles. The Bertz CT molecular complexity index is 155. The number of nitrogens with two attached hydrogens (primary N) is 1. The molecule has 0 bridgehead atoms. The van der Waals surface area contributed by atoms with Crippen LogP contribution in [0.2, 0.25) is 0 Å². The standard InChI is InChI=1S/C6H11FN2O2/c7-4-1-5(8)3-9(2-4)6(10)11/h4-5H,1-3,8H2,(H,10,11)/t4-,5+/m1/s1. The van der Waals surface area contributed by atoms with E-state index in [1.807, 2.05) is 0 Å². The molecule has 1 fully saturated rings. The van der Waals surface area contributed by atoms with Crippen molar-refractivity contribution in [1.82, 2.24) is 4.90 Å². The van der Waals surface area contributed by atoms with Crippen molar-refractivity contribution in [3.63, 3.8) is 0 Å². The Morgan fingerprint density at radius 3 is 2.73 bits per heavy atom. The summed E-state index contributed by atoms with van der Waals surface area (Å²) < 4.78 is 12.7. The number of likely N-dealkylation sites (tertiary alicyclic amines) is 1. The summed E-state index contributed by atoms with van der Waals surface area (Å²) in [6, 6.07) is -0.352. The van der Waals surface area contributed by atoms with Gasteiger partial charge in [0, 0.05) is 12.6 Å². The van der Waals surface area contributed by atoms with Crippen LogP contribution in [0.15, 0.2) is 0 Å². The molecule has 1 aliphatic heterocycles. The van der Waals surface area contributed by atoms with Crippen LogP contribution in [0.1, 0.15) is 6.42 Å². The number of nitrogens with zero attached hydrogens (tertiary/aromatic N) is 1. The van der Waals surface area contributed by atoms with Crippen molar-refractivity contribution in [3.8, 4) is 0 Å². The van der Waals surface area contributed by atoms with Crippen LogP contribution in [0.3, 0.4) is 0 Å². The van der Waals surface area contributed by atoms with Crippen LogP contribution in [0.4, 0.5) is 9.18 Å². The fraction of sp³-hybridized carbons (Fsp3) is 0.833. The minimum atomic E-state index is -1.10. The van der Waals surface area contributed by atoms with Gasteiger partial charge in [-0.2, -0.15) is 0 Å². The molecule has 0 saturated carbocycles. The molecular weight excluding hydrogens is 151 g/mol. The van der Waals surface area contributed by atoms with Gasteiger partial charge >= 0.3 is 6.09 Å². The van der Waals surface area contributed by atoms with E-state index in [1.54, 1.807) is 0 Å². The molecule has 1 amide bonds. The van der Waals surface area contributed by atoms with Crippen molar-refractivity contribution in [1.29, 1.82) is 0 Å². The fourth-order valence-corrected chi connectivity index (χ4v) is 1.23. The highest BCUT2D eigenvalue weighted by Crippen LogP contribution is 2.11. The van der Waals surface area contributed by atoms with Gasteiger partial charge in [-0.3, -0.25) is 0 Å². The molecule has 0 unspecified atom stereocenters. The first-order chi connectivity index (χ1) is 5.09. The maximum Gasteiger partial charge on any atom is 0.407 e. The predicted octanol–water partition coefficient (Wildman–Crippen LogP) is 0.0355. The minimum Gasteiger partial charge on any atom is -0.465 e. The summed E-state index contributed by atoms with van der Waals surface area (Å²) in [7, 11) is 0. The SMILES string of the molecule is N[C@H]1C[C@@H](F)CN(C(=O)O)C1. The molecule has 0 aromatic carbocycles. The number of piperidine rings is 1. The molecule has 5 heteroatoms. The molecule has 1 heterocycles. The third-order valence-corrected chi connectivity index (χ3v) is 1.70. The number of hydrogen-bond acceptors (Lipinski definition) is 2. The van der Waals surface area contributed by atoms with E-state index >= 15 is 0 Å². The van der Waals surface area contributed by atoms with Crippen LogP contribution >= 0.6 is 0 Å². The van der Waals surface area contributed by atoms with E-state index in [9.17, 15) is 9.18 Å². The number of halogens is 1. The Kier molecular flexibility index (Phi) is 2.28. The van der Waals surface area contributed by atoms with Crippen molar-refractivity contribution in [2.75, 3.05) is 13.1 Å². The maximum atomic E-state index is 12.7. The van der Waals surface area contributed by atoms with E-state index in [1.165, 1.54) is 0 Å². The molecule has 64 valence electrons. The predicted molar refractivity (Wildman–Crippen MR) is 37.1 cm³/mol. The minimum absolute atomic E-state index is 0.0387. The van der Waals surface area contributed by atoms with Crippen molar-refractivity contribution < 1.29 is 14.3 Å². The third kappa shape index (κ3) is 2.04. The Hall–Kier alpha value is -0.840. The first-order valence-electron chi connectivity index (χ1n) is 3.47. The number of amides is 1. The van der Waals surface area contributed by atoms with E-state index < -0.39 is 12.3 Å². The van der Waals surface area contributed by atoms with Gasteiger partial charge in [0.25, 0.3) is 0 Å². The lowest BCUT2D eigenvalue weighted by Gasteiger charge is -2.30. The molecule has 4 nitrogen and oxygen atoms in total. The zero-order valence-electron chi connectivity index (χ0n) is 6.03. The van der Waals surface area contributed by atoms with Crippen LogP contribution in [0.5, 0.6) is 0 Å². The van der Waals surface area contributed by atoms with Gasteiger partial charge in [-0.25, -0.2) is 9.18 Å². The molecule has 0 radical (unpaired) electrons. The molecule has 11 heavy (non-hydrogen) atoms. The Morgan fingerprint density at radius 2 is 2.27 bits per heavy atom. The van der Waals surface area contributed by atoms with Crippen molar-refractivity contribution >= 4 is 6.09 Å². The zero-order valence-corrected chi connectivity index (χ0v) is 6.03. The van der Waals surface area contributed by atoms with Gasteiger partial charge in [-0.05, 0) is 6.42 Å². The van der Waals surface area contributed by atoms with Crippen molar-refractivity contribution in [2.45, 2.75) is 18.6 Å². The monoisotopic (exact) mass is 162 g/mol. The smallest absolute Gasteiger partial charge is 0.407 e. The molecule has 0 aromatic heterocycles. The highest BCUT2D eigenvalue weighted by molar-refractivity contribution is 5.65. The number of alkyl halides is 1. The Labute approximate surface area is 63.8 Å². The Morgan fingerprint density at radius 1 is 1.64 bits per heavy atom. The third-order valence-electron chi connectivity index (χ3n) is 1.70. The molecule has 3 N–H and O–H groups in total. The van der Waals surface area contributed by atoms with E-state index in [-0.39, 0.29) is 25.6 Å². The van der Waals surface area contributed by atoms with Crippen LogP contribution in [-0.2, 0) is 0 Å². The summed E-state index contributed by atoms with van der Waals surface area (Å²) in [5.41, 5.74) is 5.41. The highest BCUT2D eigenvalue weighted by atomic mass is 19.1. The first kappa shape index (κ1) is 8.26. The molecule has 0 spiro atoms. The van der Waals surface area contributed by atoms with Crippen molar-refractivity contribution in [2.24, 2.45) is 5.73 Å². The lowest BCUT2D eigenvalue weighted by molar-refractivity contribution is 0.0991. The van der Waals surface area contributed by atoms with Gasteiger partial charge in [0.15, 0.2) is 0 Å². The molecule has 1 aliphatic rings. The lowest BCUT2D eigenvalue weighted by Crippen LogP contribution is -2.49. The second kappa shape index (κ2) is 3.04. The van der Waals surface area contributed by atoms with Gasteiger partial charge in [-0.15, -0.1) is 0 Å². The van der Waals surface area contributed by atoms with E-state index in [0.717, 1.165) is 4.90 Å². The summed E-state index contributed by atoms with van der Waals surface area (Å²) in [6.07, 6.45) is -1.93. The number of rotatable bonds is 0. The van der Waals surface area contributed by atoms with E-state index in [4.69, 9.17) is 10.8 Å². The fourth-order valence-electron chi connectivity index (χ4n) is 1.23. The first-order valence-corrected chi connectivity index (χ1v) is 3.47. The number of hydrogen-bond donors (Lipinski definition) is 2. The summed E-state index contributed by atoms with van der Waals surface area (Å²) in [6.45, 7) is 0.207. The average Bonchev–Trinajstić information content (AvgIpc) is 1.85. The van der Waals surface area contributed by atoms with Crippen LogP contribution in [-0.4, -0.2) is 41.4 Å². The molecule has 1 rings (SSSR count). The van der Waals surface area contributed by atoms with Crippen molar-refractivity contribution in [3.05, 3.63) is 0 Å². The molecule has 2 atom stereocenters. The van der Waals surface area contributed by atoms with Gasteiger partial charge in [0.05, 0.1) is 6.54 Å². The molecule has 0 aromatic rings.